The number of hydrogen-bond donors (Lipinski definition) is 2. The number of nitrogens with two attached hydrogens (primary N) is 1. The summed E-state index contributed by atoms with van der Waals surface area (Å²) >= 11 is 0. The molecule has 22 heavy (non-hydrogen) atoms. The minimum Gasteiger partial charge on any atom is -0.454 e. The van der Waals surface area contributed by atoms with E-state index in [1.807, 2.05) is 12.1 Å². The van der Waals surface area contributed by atoms with Gasteiger partial charge in [-0.15, -0.1) is 12.4 Å². The van der Waals surface area contributed by atoms with Crippen LogP contribution in [0.5, 0.6) is 11.5 Å². The fraction of sp³-hybridized carbons (Fsp3) is 0.533. The van der Waals surface area contributed by atoms with Crippen molar-refractivity contribution in [3.05, 3.63) is 18.2 Å². The molecule has 2 aliphatic rings. The molecule has 0 aliphatic carbocycles. The van der Waals surface area contributed by atoms with Crippen LogP contribution in [-0.4, -0.2) is 43.8 Å². The normalized spacial score (nSPS) is 17.9. The average Bonchev–Trinajstić information content (AvgIpc) is 2.95. The minimum absolute atomic E-state index is 0. The number of fused-ring (bicyclic) bond motifs is 1. The Hall–Kier alpha value is -1.50. The first-order valence-electron chi connectivity index (χ1n) is 7.36. The summed E-state index contributed by atoms with van der Waals surface area (Å²) in [6.45, 7) is 3.29. The summed E-state index contributed by atoms with van der Waals surface area (Å²) in [5.74, 6) is 2.01. The van der Waals surface area contributed by atoms with Crippen molar-refractivity contribution in [1.82, 2.24) is 4.90 Å². The summed E-state index contributed by atoms with van der Waals surface area (Å²) < 4.78 is 10.5. The average molecular weight is 328 g/mol. The zero-order chi connectivity index (χ0) is 14.7. The molecule has 7 heteroatoms. The molecule has 6 nitrogen and oxygen atoms in total. The maximum Gasteiger partial charge on any atom is 0.238 e. The van der Waals surface area contributed by atoms with Crippen molar-refractivity contribution in [3.8, 4) is 11.5 Å². The fourth-order valence-corrected chi connectivity index (χ4v) is 2.76. The van der Waals surface area contributed by atoms with Gasteiger partial charge in [0.1, 0.15) is 0 Å². The van der Waals surface area contributed by atoms with E-state index >= 15 is 0 Å². The van der Waals surface area contributed by atoms with Crippen molar-refractivity contribution in [2.45, 2.75) is 12.8 Å². The molecule has 1 saturated heterocycles. The number of piperidine rings is 1. The van der Waals surface area contributed by atoms with Crippen molar-refractivity contribution in [3.63, 3.8) is 0 Å². The first kappa shape index (κ1) is 16.9. The zero-order valence-electron chi connectivity index (χ0n) is 12.4. The molecule has 122 valence electrons. The Morgan fingerprint density at radius 2 is 2.00 bits per heavy atom. The van der Waals surface area contributed by atoms with Crippen LogP contribution in [0.2, 0.25) is 0 Å². The maximum atomic E-state index is 12.1. The number of halogens is 1. The van der Waals surface area contributed by atoms with Crippen LogP contribution in [0.15, 0.2) is 18.2 Å². The van der Waals surface area contributed by atoms with E-state index in [2.05, 4.69) is 10.2 Å². The SMILES string of the molecule is Cl.NCC1CCN(CC(=O)Nc2ccc3c(c2)OCO3)CC1. The first-order valence-corrected chi connectivity index (χ1v) is 7.36. The van der Waals surface area contributed by atoms with Gasteiger partial charge in [-0.3, -0.25) is 9.69 Å². The number of nitrogens with one attached hydrogen (secondary N) is 1. The van der Waals surface area contributed by atoms with E-state index in [0.29, 0.717) is 18.2 Å². The van der Waals surface area contributed by atoms with Crippen molar-refractivity contribution < 1.29 is 14.3 Å². The van der Waals surface area contributed by atoms with Gasteiger partial charge < -0.3 is 20.5 Å². The molecule has 3 N–H and O–H groups in total. The van der Waals surface area contributed by atoms with Crippen LogP contribution >= 0.6 is 12.4 Å². The Bertz CT molecular complexity index is 519. The molecule has 0 unspecified atom stereocenters. The quantitative estimate of drug-likeness (QED) is 0.875. The van der Waals surface area contributed by atoms with Crippen LogP contribution in [0, 0.1) is 5.92 Å². The van der Waals surface area contributed by atoms with E-state index in [-0.39, 0.29) is 25.1 Å². The summed E-state index contributed by atoms with van der Waals surface area (Å²) in [6, 6.07) is 5.43. The number of carbonyl (C=O) groups excluding carboxylic acids is 1. The minimum atomic E-state index is 0. The lowest BCUT2D eigenvalue weighted by molar-refractivity contribution is -0.117. The lowest BCUT2D eigenvalue weighted by Gasteiger charge is -2.30. The van der Waals surface area contributed by atoms with Gasteiger partial charge in [0.25, 0.3) is 0 Å². The van der Waals surface area contributed by atoms with Gasteiger partial charge in [-0.2, -0.15) is 0 Å². The van der Waals surface area contributed by atoms with E-state index in [1.165, 1.54) is 0 Å². The molecule has 1 fully saturated rings. The molecule has 0 spiro atoms. The molecule has 2 heterocycles. The van der Waals surface area contributed by atoms with Gasteiger partial charge in [-0.05, 0) is 50.5 Å². The standard InChI is InChI=1S/C15H21N3O3.ClH/c16-8-11-3-5-18(6-4-11)9-15(19)17-12-1-2-13-14(7-12)21-10-20-13;/h1-2,7,11H,3-6,8-10,16H2,(H,17,19);1H. The third-order valence-corrected chi connectivity index (χ3v) is 4.06. The number of carbonyl (C=O) groups is 1. The van der Waals surface area contributed by atoms with Crippen LogP contribution in [0.4, 0.5) is 5.69 Å². The highest BCUT2D eigenvalue weighted by Gasteiger charge is 2.20. The van der Waals surface area contributed by atoms with Gasteiger partial charge in [0.05, 0.1) is 6.54 Å². The number of ether oxygens (including phenoxy) is 2. The van der Waals surface area contributed by atoms with Gasteiger partial charge in [-0.1, -0.05) is 0 Å². The third-order valence-electron chi connectivity index (χ3n) is 4.06. The lowest BCUT2D eigenvalue weighted by atomic mass is 9.97. The largest absolute Gasteiger partial charge is 0.454 e. The highest BCUT2D eigenvalue weighted by molar-refractivity contribution is 5.92. The van der Waals surface area contributed by atoms with Gasteiger partial charge in [0.2, 0.25) is 12.7 Å². The highest BCUT2D eigenvalue weighted by atomic mass is 35.5. The molecule has 0 radical (unpaired) electrons. The summed E-state index contributed by atoms with van der Waals surface area (Å²) in [6.07, 6.45) is 2.15. The summed E-state index contributed by atoms with van der Waals surface area (Å²) in [5, 5.41) is 2.90. The Balaban J connectivity index is 0.00000176. The molecule has 0 bridgehead atoms. The van der Waals surface area contributed by atoms with E-state index in [9.17, 15) is 4.79 Å². The number of nitrogens with zero attached hydrogens (tertiary/aromatic N) is 1. The summed E-state index contributed by atoms with van der Waals surface area (Å²) in [5.41, 5.74) is 6.41. The van der Waals surface area contributed by atoms with Gasteiger partial charge in [0, 0.05) is 11.8 Å². The van der Waals surface area contributed by atoms with Crippen LogP contribution in [-0.2, 0) is 4.79 Å². The number of likely N-dealkylation sites (tertiary alicyclic amines) is 1. The molecule has 3 rings (SSSR count). The van der Waals surface area contributed by atoms with Gasteiger partial charge in [0.15, 0.2) is 11.5 Å². The van der Waals surface area contributed by atoms with Crippen molar-refractivity contribution in [1.29, 1.82) is 0 Å². The number of amides is 1. The predicted octanol–water partition coefficient (Wildman–Crippen LogP) is 1.45. The fourth-order valence-electron chi connectivity index (χ4n) is 2.76. The Morgan fingerprint density at radius 3 is 2.73 bits per heavy atom. The van der Waals surface area contributed by atoms with Gasteiger partial charge >= 0.3 is 0 Å². The second-order valence-electron chi connectivity index (χ2n) is 5.57. The molecule has 1 aromatic carbocycles. The van der Waals surface area contributed by atoms with Crippen LogP contribution in [0.25, 0.3) is 0 Å². The number of hydrogen-bond acceptors (Lipinski definition) is 5. The van der Waals surface area contributed by atoms with Crippen molar-refractivity contribution in [2.24, 2.45) is 11.7 Å². The monoisotopic (exact) mass is 327 g/mol. The Kier molecular flexibility index (Phi) is 5.88. The van der Waals surface area contributed by atoms with E-state index in [0.717, 1.165) is 43.9 Å². The smallest absolute Gasteiger partial charge is 0.238 e. The summed E-state index contributed by atoms with van der Waals surface area (Å²) in [7, 11) is 0. The molecular weight excluding hydrogens is 306 g/mol. The predicted molar refractivity (Wildman–Crippen MR) is 86.7 cm³/mol. The first-order chi connectivity index (χ1) is 10.2. The molecule has 0 atom stereocenters. The summed E-state index contributed by atoms with van der Waals surface area (Å²) in [4.78, 5) is 14.3. The van der Waals surface area contributed by atoms with Crippen molar-refractivity contribution >= 4 is 24.0 Å². The van der Waals surface area contributed by atoms with E-state index in [1.54, 1.807) is 6.07 Å². The highest BCUT2D eigenvalue weighted by Crippen LogP contribution is 2.34. The molecule has 2 aliphatic heterocycles. The molecule has 1 aromatic rings. The van der Waals surface area contributed by atoms with Crippen molar-refractivity contribution in [2.75, 3.05) is 38.3 Å². The van der Waals surface area contributed by atoms with Crippen LogP contribution in [0.1, 0.15) is 12.8 Å². The molecule has 1 amide bonds. The number of rotatable bonds is 4. The second kappa shape index (κ2) is 7.67. The molecular formula is C15H22ClN3O3. The van der Waals surface area contributed by atoms with Crippen LogP contribution < -0.4 is 20.5 Å². The number of anilines is 1. The van der Waals surface area contributed by atoms with E-state index < -0.39 is 0 Å². The lowest BCUT2D eigenvalue weighted by Crippen LogP contribution is -2.40. The van der Waals surface area contributed by atoms with Crippen LogP contribution in [0.3, 0.4) is 0 Å². The number of benzene rings is 1. The third kappa shape index (κ3) is 4.03. The Morgan fingerprint density at radius 1 is 1.27 bits per heavy atom. The Labute approximate surface area is 136 Å². The zero-order valence-corrected chi connectivity index (χ0v) is 13.2. The van der Waals surface area contributed by atoms with E-state index in [4.69, 9.17) is 15.2 Å². The maximum absolute atomic E-state index is 12.1. The topological polar surface area (TPSA) is 76.8 Å². The second-order valence-corrected chi connectivity index (χ2v) is 5.57. The van der Waals surface area contributed by atoms with Gasteiger partial charge in [-0.25, -0.2) is 0 Å². The molecule has 0 saturated carbocycles. The molecule has 0 aromatic heterocycles.